The lowest BCUT2D eigenvalue weighted by molar-refractivity contribution is 0.100. The molecule has 0 spiro atoms. The first-order valence-corrected chi connectivity index (χ1v) is 8.02. The number of hydrogen-bond acceptors (Lipinski definition) is 5. The van der Waals surface area contributed by atoms with E-state index in [0.29, 0.717) is 23.0 Å². The molecular formula is C15H20N4OS. The van der Waals surface area contributed by atoms with E-state index in [-0.39, 0.29) is 0 Å². The predicted molar refractivity (Wildman–Crippen MR) is 87.0 cm³/mol. The minimum absolute atomic E-state index is 0.414. The summed E-state index contributed by atoms with van der Waals surface area (Å²) in [5, 5.41) is 4.35. The summed E-state index contributed by atoms with van der Waals surface area (Å²) in [4.78, 5) is 18.4. The molecule has 2 aromatic rings. The Hall–Kier alpha value is -1.66. The molecule has 1 aromatic heterocycles. The van der Waals surface area contributed by atoms with Gasteiger partial charge in [0, 0.05) is 13.1 Å². The van der Waals surface area contributed by atoms with E-state index < -0.39 is 5.91 Å². The number of para-hydroxylation sites is 1. The summed E-state index contributed by atoms with van der Waals surface area (Å²) in [6.07, 6.45) is 1.20. The Balaban J connectivity index is 1.93. The molecule has 1 aliphatic rings. The first-order chi connectivity index (χ1) is 10.1. The van der Waals surface area contributed by atoms with Crippen molar-refractivity contribution in [2.45, 2.75) is 19.4 Å². The number of primary amides is 1. The van der Waals surface area contributed by atoms with E-state index in [1.54, 1.807) is 17.4 Å². The molecule has 1 saturated heterocycles. The van der Waals surface area contributed by atoms with E-state index >= 15 is 0 Å². The molecule has 2 atom stereocenters. The van der Waals surface area contributed by atoms with Crippen molar-refractivity contribution in [2.24, 2.45) is 11.7 Å². The van der Waals surface area contributed by atoms with Gasteiger partial charge in [-0.05, 0) is 44.5 Å². The smallest absolute Gasteiger partial charge is 0.250 e. The second kappa shape index (κ2) is 5.61. The normalized spacial score (nSPS) is 19.8. The van der Waals surface area contributed by atoms with Gasteiger partial charge in [0.05, 0.1) is 15.8 Å². The average Bonchev–Trinajstić information content (AvgIpc) is 3.13. The maximum absolute atomic E-state index is 11.5. The molecule has 2 unspecified atom stereocenters. The summed E-state index contributed by atoms with van der Waals surface area (Å²) in [6, 6.07) is 5.99. The molecule has 1 fully saturated rings. The zero-order valence-corrected chi connectivity index (χ0v) is 13.1. The van der Waals surface area contributed by atoms with Crippen LogP contribution in [0.1, 0.15) is 23.7 Å². The largest absolute Gasteiger partial charge is 0.366 e. The van der Waals surface area contributed by atoms with Crippen LogP contribution in [0.5, 0.6) is 0 Å². The third-order valence-electron chi connectivity index (χ3n) is 4.37. The molecule has 21 heavy (non-hydrogen) atoms. The van der Waals surface area contributed by atoms with Gasteiger partial charge in [-0.2, -0.15) is 0 Å². The summed E-state index contributed by atoms with van der Waals surface area (Å²) >= 11 is 1.61. The van der Waals surface area contributed by atoms with Crippen LogP contribution in [0.4, 0.5) is 5.13 Å². The van der Waals surface area contributed by atoms with E-state index in [4.69, 9.17) is 5.73 Å². The van der Waals surface area contributed by atoms with Gasteiger partial charge in [0.15, 0.2) is 5.13 Å². The van der Waals surface area contributed by atoms with Crippen molar-refractivity contribution in [1.29, 1.82) is 0 Å². The van der Waals surface area contributed by atoms with Crippen LogP contribution < -0.4 is 16.0 Å². The predicted octanol–water partition coefficient (Wildman–Crippen LogP) is 1.83. The van der Waals surface area contributed by atoms with Gasteiger partial charge in [0.1, 0.15) is 0 Å². The number of nitrogens with two attached hydrogens (primary N) is 1. The number of anilines is 1. The van der Waals surface area contributed by atoms with Gasteiger partial charge in [-0.15, -0.1) is 0 Å². The quantitative estimate of drug-likeness (QED) is 0.904. The van der Waals surface area contributed by atoms with Crippen LogP contribution in [-0.4, -0.2) is 37.1 Å². The number of thiazole rings is 1. The van der Waals surface area contributed by atoms with Crippen molar-refractivity contribution < 1.29 is 4.79 Å². The number of amides is 1. The molecule has 1 aliphatic heterocycles. The van der Waals surface area contributed by atoms with Crippen molar-refractivity contribution in [3.63, 3.8) is 0 Å². The molecule has 0 bridgehead atoms. The van der Waals surface area contributed by atoms with Gasteiger partial charge < -0.3 is 16.0 Å². The molecule has 0 aliphatic carbocycles. The Bertz CT molecular complexity index is 663. The summed E-state index contributed by atoms with van der Waals surface area (Å²) in [5.41, 5.74) is 6.64. The molecule has 112 valence electrons. The number of aromatic nitrogens is 1. The number of benzene rings is 1. The molecule has 3 N–H and O–H groups in total. The Morgan fingerprint density at radius 3 is 3.05 bits per heavy atom. The van der Waals surface area contributed by atoms with Crippen molar-refractivity contribution in [3.05, 3.63) is 23.8 Å². The Labute approximate surface area is 128 Å². The van der Waals surface area contributed by atoms with Crippen molar-refractivity contribution in [1.82, 2.24) is 10.3 Å². The maximum Gasteiger partial charge on any atom is 0.250 e. The molecule has 0 saturated carbocycles. The lowest BCUT2D eigenvalue weighted by Gasteiger charge is -2.28. The van der Waals surface area contributed by atoms with Crippen LogP contribution >= 0.6 is 11.3 Å². The third kappa shape index (κ3) is 2.61. The molecule has 1 amide bonds. The summed E-state index contributed by atoms with van der Waals surface area (Å²) < 4.78 is 1.00. The van der Waals surface area contributed by atoms with E-state index in [2.05, 4.69) is 29.2 Å². The minimum atomic E-state index is -0.423. The van der Waals surface area contributed by atoms with Crippen molar-refractivity contribution >= 4 is 32.6 Å². The first-order valence-electron chi connectivity index (χ1n) is 7.21. The van der Waals surface area contributed by atoms with Gasteiger partial charge >= 0.3 is 0 Å². The van der Waals surface area contributed by atoms with Gasteiger partial charge in [-0.25, -0.2) is 4.98 Å². The van der Waals surface area contributed by atoms with E-state index in [0.717, 1.165) is 22.9 Å². The number of nitrogens with one attached hydrogen (secondary N) is 1. The number of fused-ring (bicyclic) bond motifs is 1. The highest BCUT2D eigenvalue weighted by Gasteiger charge is 2.26. The Morgan fingerprint density at radius 2 is 2.38 bits per heavy atom. The van der Waals surface area contributed by atoms with Crippen LogP contribution in [0, 0.1) is 5.92 Å². The molecule has 5 nitrogen and oxygen atoms in total. The van der Waals surface area contributed by atoms with Gasteiger partial charge in [-0.1, -0.05) is 17.4 Å². The SMILES string of the molecule is CC(C1CCNC1)N(C)c1nc2c(C(N)=O)cccc2s1. The summed E-state index contributed by atoms with van der Waals surface area (Å²) in [6.45, 7) is 4.39. The minimum Gasteiger partial charge on any atom is -0.366 e. The van der Waals surface area contributed by atoms with Crippen LogP contribution in [-0.2, 0) is 0 Å². The molecule has 3 rings (SSSR count). The zero-order chi connectivity index (χ0) is 15.0. The Kier molecular flexibility index (Phi) is 3.82. The Morgan fingerprint density at radius 1 is 1.57 bits per heavy atom. The monoisotopic (exact) mass is 304 g/mol. The summed E-state index contributed by atoms with van der Waals surface area (Å²) in [7, 11) is 2.07. The van der Waals surface area contributed by atoms with Gasteiger partial charge in [0.25, 0.3) is 5.91 Å². The number of hydrogen-bond donors (Lipinski definition) is 2. The van der Waals surface area contributed by atoms with Crippen molar-refractivity contribution in [2.75, 3.05) is 25.0 Å². The lowest BCUT2D eigenvalue weighted by Crippen LogP contribution is -2.36. The van der Waals surface area contributed by atoms with E-state index in [1.165, 1.54) is 6.42 Å². The third-order valence-corrected chi connectivity index (χ3v) is 5.48. The fourth-order valence-electron chi connectivity index (χ4n) is 2.87. The maximum atomic E-state index is 11.5. The van der Waals surface area contributed by atoms with Gasteiger partial charge in [0.2, 0.25) is 0 Å². The topological polar surface area (TPSA) is 71.2 Å². The summed E-state index contributed by atoms with van der Waals surface area (Å²) in [5.74, 6) is 0.214. The number of rotatable bonds is 4. The molecule has 2 heterocycles. The van der Waals surface area contributed by atoms with Crippen LogP contribution in [0.3, 0.4) is 0 Å². The number of carbonyl (C=O) groups is 1. The number of carbonyl (C=O) groups excluding carboxylic acids is 1. The fourth-order valence-corrected chi connectivity index (χ4v) is 3.91. The highest BCUT2D eigenvalue weighted by molar-refractivity contribution is 7.22. The first kappa shape index (κ1) is 14.3. The zero-order valence-electron chi connectivity index (χ0n) is 12.3. The van der Waals surface area contributed by atoms with E-state index in [1.807, 2.05) is 12.1 Å². The molecular weight excluding hydrogens is 284 g/mol. The van der Waals surface area contributed by atoms with Crippen LogP contribution in [0.2, 0.25) is 0 Å². The fraction of sp³-hybridized carbons (Fsp3) is 0.467. The van der Waals surface area contributed by atoms with Crippen LogP contribution in [0.25, 0.3) is 10.2 Å². The van der Waals surface area contributed by atoms with Gasteiger partial charge in [-0.3, -0.25) is 4.79 Å². The highest BCUT2D eigenvalue weighted by atomic mass is 32.1. The molecule has 6 heteroatoms. The highest BCUT2D eigenvalue weighted by Crippen LogP contribution is 2.32. The molecule has 0 radical (unpaired) electrons. The second-order valence-corrected chi connectivity index (χ2v) is 6.63. The number of nitrogens with zero attached hydrogens (tertiary/aromatic N) is 2. The lowest BCUT2D eigenvalue weighted by atomic mass is 10.00. The molecule has 1 aromatic carbocycles. The second-order valence-electron chi connectivity index (χ2n) is 5.62. The van der Waals surface area contributed by atoms with Crippen molar-refractivity contribution in [3.8, 4) is 0 Å². The average molecular weight is 304 g/mol. The van der Waals surface area contributed by atoms with E-state index in [9.17, 15) is 4.79 Å². The van der Waals surface area contributed by atoms with Crippen LogP contribution in [0.15, 0.2) is 18.2 Å². The standard InChI is InChI=1S/C15H20N4OS/c1-9(10-6-7-17-8-10)19(2)15-18-13-11(14(16)20)4-3-5-12(13)21-15/h3-5,9-10,17H,6-8H2,1-2H3,(H2,16,20).